The van der Waals surface area contributed by atoms with Gasteiger partial charge in [0, 0.05) is 18.0 Å². The highest BCUT2D eigenvalue weighted by atomic mass is 32.2. The van der Waals surface area contributed by atoms with Crippen molar-refractivity contribution in [3.8, 4) is 11.8 Å². The Labute approximate surface area is 204 Å². The van der Waals surface area contributed by atoms with Crippen LogP contribution in [0.4, 0.5) is 5.69 Å². The highest BCUT2D eigenvalue weighted by Gasteiger charge is 2.38. The van der Waals surface area contributed by atoms with Crippen LogP contribution in [0.15, 0.2) is 89.5 Å². The summed E-state index contributed by atoms with van der Waals surface area (Å²) in [4.78, 5) is 17.2. The summed E-state index contributed by atoms with van der Waals surface area (Å²) in [6, 6.07) is 28.4. The van der Waals surface area contributed by atoms with E-state index in [0.29, 0.717) is 24.7 Å². The van der Waals surface area contributed by atoms with Crippen molar-refractivity contribution >= 4 is 23.4 Å². The number of amides is 1. The van der Waals surface area contributed by atoms with Gasteiger partial charge in [-0.15, -0.1) is 0 Å². The third-order valence-electron chi connectivity index (χ3n) is 6.26. The number of fused-ring (bicyclic) bond motifs is 1. The van der Waals surface area contributed by atoms with Crippen molar-refractivity contribution in [2.45, 2.75) is 25.9 Å². The van der Waals surface area contributed by atoms with E-state index in [0.717, 1.165) is 27.6 Å². The Hall–Kier alpha value is -3.69. The lowest BCUT2D eigenvalue weighted by atomic mass is 9.86. The molecular formula is C28H25N3O2S. The molecule has 0 saturated carbocycles. The third-order valence-corrected chi connectivity index (χ3v) is 7.41. The lowest BCUT2D eigenvalue weighted by molar-refractivity contribution is -0.129. The first-order valence-corrected chi connectivity index (χ1v) is 12.3. The molecule has 0 N–H and O–H groups in total. The fraction of sp³-hybridized carbons (Fsp3) is 0.214. The molecule has 0 aliphatic carbocycles. The van der Waals surface area contributed by atoms with Crippen molar-refractivity contribution in [1.82, 2.24) is 4.90 Å². The van der Waals surface area contributed by atoms with Crippen LogP contribution in [-0.4, -0.2) is 23.4 Å². The highest BCUT2D eigenvalue weighted by molar-refractivity contribution is 8.03. The summed E-state index contributed by atoms with van der Waals surface area (Å²) < 4.78 is 5.99. The van der Waals surface area contributed by atoms with E-state index in [4.69, 9.17) is 4.74 Å². The normalized spacial score (nSPS) is 17.9. The fourth-order valence-corrected chi connectivity index (χ4v) is 5.64. The number of thioether (sulfide) groups is 1. The Morgan fingerprint density at radius 3 is 2.65 bits per heavy atom. The molecule has 3 aromatic rings. The number of benzene rings is 3. The maximum absolute atomic E-state index is 13.2. The van der Waals surface area contributed by atoms with Gasteiger partial charge < -0.3 is 9.64 Å². The van der Waals surface area contributed by atoms with Gasteiger partial charge in [-0.25, -0.2) is 0 Å². The smallest absolute Gasteiger partial charge is 0.229 e. The number of nitrogens with zero attached hydrogens (tertiary/aromatic N) is 3. The maximum Gasteiger partial charge on any atom is 0.229 e. The molecule has 5 rings (SSSR count). The van der Waals surface area contributed by atoms with Crippen molar-refractivity contribution in [3.05, 3.63) is 106 Å². The van der Waals surface area contributed by atoms with Crippen LogP contribution in [0.3, 0.4) is 0 Å². The molecule has 0 bridgehead atoms. The number of nitriles is 1. The second-order valence-corrected chi connectivity index (χ2v) is 9.43. The van der Waals surface area contributed by atoms with Crippen LogP contribution in [0.2, 0.25) is 0 Å². The van der Waals surface area contributed by atoms with Crippen LogP contribution in [0.25, 0.3) is 0 Å². The number of hydrogen-bond donors (Lipinski definition) is 0. The number of aryl methyl sites for hydroxylation is 1. The van der Waals surface area contributed by atoms with Gasteiger partial charge in [0.15, 0.2) is 0 Å². The van der Waals surface area contributed by atoms with Crippen LogP contribution in [0.1, 0.15) is 29.0 Å². The Morgan fingerprint density at radius 2 is 1.85 bits per heavy atom. The van der Waals surface area contributed by atoms with E-state index in [9.17, 15) is 10.1 Å². The average Bonchev–Trinajstić information content (AvgIpc) is 2.88. The van der Waals surface area contributed by atoms with Crippen LogP contribution < -0.4 is 9.64 Å². The number of para-hydroxylation sites is 1. The van der Waals surface area contributed by atoms with Gasteiger partial charge in [-0.2, -0.15) is 5.26 Å². The van der Waals surface area contributed by atoms with Gasteiger partial charge in [0.2, 0.25) is 5.91 Å². The minimum atomic E-state index is -0.262. The molecule has 0 aromatic heterocycles. The second-order valence-electron chi connectivity index (χ2n) is 8.50. The number of ether oxygens (including phenoxy) is 1. The van der Waals surface area contributed by atoms with E-state index >= 15 is 0 Å². The van der Waals surface area contributed by atoms with Crippen molar-refractivity contribution in [3.63, 3.8) is 0 Å². The van der Waals surface area contributed by atoms with Gasteiger partial charge in [0.05, 0.1) is 29.2 Å². The van der Waals surface area contributed by atoms with Crippen LogP contribution >= 0.6 is 11.8 Å². The zero-order valence-electron chi connectivity index (χ0n) is 19.0. The first-order chi connectivity index (χ1) is 16.6. The average molecular weight is 468 g/mol. The SMILES string of the molecule is Cc1ccccc1N1CSC2=C(C#N)[C@H](c3cccc(OCc4ccccc4)c3)CC(=O)N2C1. The molecule has 0 spiro atoms. The summed E-state index contributed by atoms with van der Waals surface area (Å²) >= 11 is 1.56. The standard InChI is InChI=1S/C28H25N3O2S/c1-20-8-5-6-13-26(20)30-18-31-27(32)15-24(25(16-29)28(31)34-19-30)22-11-7-12-23(14-22)33-17-21-9-3-2-4-10-21/h2-14,24H,15,17-19H2,1H3/t24-/m0/s1. The number of carbonyl (C=O) groups excluding carboxylic acids is 1. The maximum atomic E-state index is 13.2. The molecule has 2 aliphatic heterocycles. The molecule has 2 heterocycles. The van der Waals surface area contributed by atoms with E-state index in [1.807, 2.05) is 66.7 Å². The number of anilines is 1. The molecule has 5 nitrogen and oxygen atoms in total. The molecule has 6 heteroatoms. The lowest BCUT2D eigenvalue weighted by Crippen LogP contribution is -2.47. The van der Waals surface area contributed by atoms with E-state index in [1.54, 1.807) is 16.7 Å². The Kier molecular flexibility index (Phi) is 6.29. The molecular weight excluding hydrogens is 442 g/mol. The topological polar surface area (TPSA) is 56.6 Å². The third kappa shape index (κ3) is 4.40. The van der Waals surface area contributed by atoms with Crippen LogP contribution in [0.5, 0.6) is 5.75 Å². The molecule has 0 unspecified atom stereocenters. The molecule has 1 amide bonds. The summed E-state index contributed by atoms with van der Waals surface area (Å²) in [5.41, 5.74) is 4.98. The second kappa shape index (κ2) is 9.66. The molecule has 2 aliphatic rings. The zero-order valence-corrected chi connectivity index (χ0v) is 19.8. The van der Waals surface area contributed by atoms with E-state index in [-0.39, 0.29) is 18.2 Å². The number of carbonyl (C=O) groups is 1. The van der Waals surface area contributed by atoms with Gasteiger partial charge in [-0.3, -0.25) is 9.69 Å². The van der Waals surface area contributed by atoms with Gasteiger partial charge >= 0.3 is 0 Å². The number of allylic oxidation sites excluding steroid dienone is 1. The lowest BCUT2D eigenvalue weighted by Gasteiger charge is -2.42. The molecule has 0 radical (unpaired) electrons. The predicted octanol–water partition coefficient (Wildman–Crippen LogP) is 5.79. The van der Waals surface area contributed by atoms with E-state index < -0.39 is 0 Å². The predicted molar refractivity (Wildman–Crippen MR) is 135 cm³/mol. The Bertz CT molecular complexity index is 1280. The molecule has 3 aromatic carbocycles. The number of hydrogen-bond acceptors (Lipinski definition) is 5. The first kappa shape index (κ1) is 22.1. The monoisotopic (exact) mass is 467 g/mol. The van der Waals surface area contributed by atoms with E-state index in [1.165, 1.54) is 5.56 Å². The molecule has 1 fully saturated rings. The van der Waals surface area contributed by atoms with Crippen molar-refractivity contribution in [1.29, 1.82) is 5.26 Å². The van der Waals surface area contributed by atoms with Crippen LogP contribution in [0, 0.1) is 18.3 Å². The quantitative estimate of drug-likeness (QED) is 0.475. The highest BCUT2D eigenvalue weighted by Crippen LogP contribution is 2.44. The van der Waals surface area contributed by atoms with E-state index in [2.05, 4.69) is 30.0 Å². The van der Waals surface area contributed by atoms with Gasteiger partial charge in [-0.05, 0) is 41.8 Å². The van der Waals surface area contributed by atoms with Gasteiger partial charge in [0.25, 0.3) is 0 Å². The number of rotatable bonds is 5. The summed E-state index contributed by atoms with van der Waals surface area (Å²) in [7, 11) is 0. The summed E-state index contributed by atoms with van der Waals surface area (Å²) in [6.45, 7) is 3.01. The van der Waals surface area contributed by atoms with Crippen molar-refractivity contribution in [2.75, 3.05) is 17.4 Å². The largest absolute Gasteiger partial charge is 0.489 e. The van der Waals surface area contributed by atoms with Crippen molar-refractivity contribution < 1.29 is 9.53 Å². The summed E-state index contributed by atoms with van der Waals surface area (Å²) in [5.74, 6) is 1.21. The van der Waals surface area contributed by atoms with Crippen LogP contribution in [-0.2, 0) is 11.4 Å². The zero-order chi connectivity index (χ0) is 23.5. The Morgan fingerprint density at radius 1 is 1.06 bits per heavy atom. The summed E-state index contributed by atoms with van der Waals surface area (Å²) in [6.07, 6.45) is 0.275. The molecule has 34 heavy (non-hydrogen) atoms. The molecule has 170 valence electrons. The summed E-state index contributed by atoms with van der Waals surface area (Å²) in [5, 5.41) is 10.9. The first-order valence-electron chi connectivity index (χ1n) is 11.3. The Balaban J connectivity index is 1.39. The van der Waals surface area contributed by atoms with Gasteiger partial charge in [0.1, 0.15) is 12.4 Å². The molecule has 1 saturated heterocycles. The fourth-order valence-electron chi connectivity index (χ4n) is 4.48. The van der Waals surface area contributed by atoms with Crippen molar-refractivity contribution in [2.24, 2.45) is 0 Å². The van der Waals surface area contributed by atoms with Gasteiger partial charge in [-0.1, -0.05) is 72.4 Å². The molecule has 1 atom stereocenters. The minimum Gasteiger partial charge on any atom is -0.489 e. The minimum absolute atomic E-state index is 0.0420.